The van der Waals surface area contributed by atoms with E-state index in [0.717, 1.165) is 66.4 Å². The number of hydrogen-bond acceptors (Lipinski definition) is 5. The average Bonchev–Trinajstić information content (AvgIpc) is 3.86. The van der Waals surface area contributed by atoms with E-state index in [1.807, 2.05) is 24.4 Å². The Kier molecular flexibility index (Phi) is 8.51. The van der Waals surface area contributed by atoms with Crippen LogP contribution < -0.4 is 4.74 Å². The summed E-state index contributed by atoms with van der Waals surface area (Å²) in [5.74, 6) is -1.29. The Labute approximate surface area is 276 Å². The summed E-state index contributed by atoms with van der Waals surface area (Å²) < 4.78 is 39.0. The van der Waals surface area contributed by atoms with Crippen LogP contribution in [0.25, 0.3) is 22.3 Å². The fraction of sp³-hybridized carbons (Fsp3) is 0.297. The first-order chi connectivity index (χ1) is 23.3. The van der Waals surface area contributed by atoms with Crippen LogP contribution in [-0.4, -0.2) is 41.0 Å². The zero-order valence-electron chi connectivity index (χ0n) is 26.6. The molecular weight excluding hydrogens is 614 g/mol. The third-order valence-corrected chi connectivity index (χ3v) is 9.41. The van der Waals surface area contributed by atoms with Gasteiger partial charge < -0.3 is 19.8 Å². The van der Waals surface area contributed by atoms with Crippen LogP contribution in [0, 0.1) is 11.6 Å². The lowest BCUT2D eigenvalue weighted by Gasteiger charge is -2.30. The molecule has 1 unspecified atom stereocenters. The normalized spacial score (nSPS) is 17.1. The molecule has 3 aromatic carbocycles. The summed E-state index contributed by atoms with van der Waals surface area (Å²) in [6, 6.07) is 15.6. The van der Waals surface area contributed by atoms with Crippen LogP contribution in [0.3, 0.4) is 0 Å². The zero-order chi connectivity index (χ0) is 33.3. The van der Waals surface area contributed by atoms with E-state index in [2.05, 4.69) is 44.3 Å². The molecular formula is C37H36F2N6O3. The minimum Gasteiger partial charge on any atom is -0.481 e. The fourth-order valence-corrected chi connectivity index (χ4v) is 6.68. The van der Waals surface area contributed by atoms with Gasteiger partial charge in [0.1, 0.15) is 17.4 Å². The van der Waals surface area contributed by atoms with Gasteiger partial charge in [-0.05, 0) is 68.0 Å². The number of nitrogens with zero attached hydrogens (tertiary/aromatic N) is 4. The van der Waals surface area contributed by atoms with Gasteiger partial charge in [0, 0.05) is 58.7 Å². The first kappa shape index (κ1) is 31.3. The van der Waals surface area contributed by atoms with Crippen molar-refractivity contribution in [2.75, 3.05) is 0 Å². The highest BCUT2D eigenvalue weighted by Gasteiger charge is 2.31. The first-order valence-electron chi connectivity index (χ1n) is 16.3. The molecule has 9 nitrogen and oxygen atoms in total. The van der Waals surface area contributed by atoms with Crippen molar-refractivity contribution >= 4 is 16.9 Å². The van der Waals surface area contributed by atoms with Gasteiger partial charge in [0.2, 0.25) is 0 Å². The molecule has 0 amide bonds. The third-order valence-electron chi connectivity index (χ3n) is 9.41. The van der Waals surface area contributed by atoms with Gasteiger partial charge in [-0.25, -0.2) is 18.4 Å². The topological polar surface area (TPSA) is 122 Å². The molecule has 48 heavy (non-hydrogen) atoms. The van der Waals surface area contributed by atoms with E-state index in [1.54, 1.807) is 17.1 Å². The summed E-state index contributed by atoms with van der Waals surface area (Å²) in [5, 5.41) is 18.7. The van der Waals surface area contributed by atoms with Crippen molar-refractivity contribution in [1.29, 1.82) is 0 Å². The molecule has 0 fully saturated rings. The number of fused-ring (bicyclic) bond motifs is 10. The molecule has 0 saturated heterocycles. The van der Waals surface area contributed by atoms with E-state index >= 15 is 8.78 Å². The molecule has 246 valence electrons. The Hall–Kier alpha value is -5.32. The van der Waals surface area contributed by atoms with Crippen molar-refractivity contribution < 1.29 is 23.4 Å². The number of nitrogens with one attached hydrogen (secondary N) is 2. The monoisotopic (exact) mass is 650 g/mol. The number of ether oxygens (including phenoxy) is 1. The number of halogens is 2. The summed E-state index contributed by atoms with van der Waals surface area (Å²) >= 11 is 0. The summed E-state index contributed by atoms with van der Waals surface area (Å²) in [6.45, 7) is 2.38. The number of H-pyrrole nitrogens is 2. The van der Waals surface area contributed by atoms with E-state index in [-0.39, 0.29) is 30.0 Å². The molecule has 1 aliphatic rings. The molecule has 0 aliphatic carbocycles. The van der Waals surface area contributed by atoms with Crippen LogP contribution >= 0.6 is 0 Å². The highest BCUT2D eigenvalue weighted by molar-refractivity contribution is 5.85. The largest absolute Gasteiger partial charge is 0.481 e. The molecule has 7 rings (SSSR count). The van der Waals surface area contributed by atoms with Crippen molar-refractivity contribution in [3.63, 3.8) is 0 Å². The number of rotatable bonds is 4. The minimum atomic E-state index is -0.841. The van der Waals surface area contributed by atoms with E-state index in [9.17, 15) is 9.90 Å². The molecule has 11 heteroatoms. The molecule has 3 aromatic heterocycles. The fourth-order valence-electron chi connectivity index (χ4n) is 6.68. The number of carbonyl (C=O) groups is 1. The molecule has 6 aromatic rings. The highest BCUT2D eigenvalue weighted by Crippen LogP contribution is 2.40. The van der Waals surface area contributed by atoms with E-state index < -0.39 is 23.0 Å². The van der Waals surface area contributed by atoms with Gasteiger partial charge in [-0.15, -0.1) is 5.10 Å². The number of benzene rings is 3. The van der Waals surface area contributed by atoms with Gasteiger partial charge in [-0.3, -0.25) is 4.79 Å². The molecule has 3 N–H and O–H groups in total. The summed E-state index contributed by atoms with van der Waals surface area (Å²) in [6.07, 6.45) is 11.3. The van der Waals surface area contributed by atoms with Gasteiger partial charge in [-0.1, -0.05) is 48.7 Å². The zero-order valence-corrected chi connectivity index (χ0v) is 26.6. The highest BCUT2D eigenvalue weighted by atomic mass is 19.1. The van der Waals surface area contributed by atoms with Crippen molar-refractivity contribution in [2.24, 2.45) is 0 Å². The predicted molar refractivity (Wildman–Crippen MR) is 177 cm³/mol. The Morgan fingerprint density at radius 1 is 1.06 bits per heavy atom. The Bertz CT molecular complexity index is 2100. The predicted octanol–water partition coefficient (Wildman–Crippen LogP) is 8.10. The van der Waals surface area contributed by atoms with E-state index in [0.29, 0.717) is 23.3 Å². The molecule has 1 atom stereocenters. The maximum Gasteiger partial charge on any atom is 0.303 e. The number of aromatic amines is 2. The molecule has 4 heterocycles. The number of carboxylic acids is 1. The quantitative estimate of drug-likeness (QED) is 0.177. The number of carboxylic acid groups (broad SMARTS) is 1. The van der Waals surface area contributed by atoms with E-state index in [4.69, 9.17) is 4.74 Å². The second kappa shape index (κ2) is 13.1. The van der Waals surface area contributed by atoms with Gasteiger partial charge >= 0.3 is 5.97 Å². The molecule has 6 bridgehead atoms. The van der Waals surface area contributed by atoms with Gasteiger partial charge in [0.15, 0.2) is 11.6 Å². The van der Waals surface area contributed by atoms with Crippen LogP contribution in [0.1, 0.15) is 73.5 Å². The molecule has 0 spiro atoms. The molecule has 1 aliphatic heterocycles. The maximum atomic E-state index is 15.7. The van der Waals surface area contributed by atoms with Crippen molar-refractivity contribution in [3.8, 4) is 22.9 Å². The Balaban J connectivity index is 1.30. The SMILES string of the molecule is CC1(c2cccc(CCC(=O)O)c2)CCCCCCc2cn(nn2)Cc2c(c(F)cc3[nH]ccc23)Oc2ccc(F)c(c2)-c2ncc1[nH]2. The standard InChI is InChI=1S/C37H36F2N6O3/c1-37(24-8-6-7-23(17-24)10-13-34(46)47)15-5-3-2-4-9-25-21-45(44-43-25)22-29-27-14-16-40-32(27)19-31(39)35(29)48-26-11-12-30(38)28(18-26)36-41-20-33(37)42-36/h6-8,11-12,14,16-21,40H,2-5,9-10,13,15,22H2,1H3,(H,41,42)(H,46,47). The third kappa shape index (κ3) is 6.32. The molecule has 0 radical (unpaired) electrons. The van der Waals surface area contributed by atoms with E-state index in [1.165, 1.54) is 24.3 Å². The van der Waals surface area contributed by atoms with Crippen LogP contribution in [0.5, 0.6) is 11.5 Å². The first-order valence-corrected chi connectivity index (χ1v) is 16.3. The van der Waals surface area contributed by atoms with Crippen molar-refractivity contribution in [2.45, 2.75) is 70.3 Å². The lowest BCUT2D eigenvalue weighted by molar-refractivity contribution is -0.136. The lowest BCUT2D eigenvalue weighted by Crippen LogP contribution is -2.24. The van der Waals surface area contributed by atoms with Crippen molar-refractivity contribution in [3.05, 3.63) is 113 Å². The average molecular weight is 651 g/mol. The Morgan fingerprint density at radius 2 is 1.94 bits per heavy atom. The maximum absolute atomic E-state index is 15.7. The van der Waals surface area contributed by atoms with Crippen LogP contribution in [-0.2, 0) is 29.6 Å². The summed E-state index contributed by atoms with van der Waals surface area (Å²) in [7, 11) is 0. The van der Waals surface area contributed by atoms with Gasteiger partial charge in [0.05, 0.1) is 17.8 Å². The second-order valence-electron chi connectivity index (χ2n) is 12.7. The number of aromatic nitrogens is 6. The van der Waals surface area contributed by atoms with Gasteiger partial charge in [-0.2, -0.15) is 0 Å². The summed E-state index contributed by atoms with van der Waals surface area (Å²) in [4.78, 5) is 22.4. The number of hydrogen-bond donors (Lipinski definition) is 3. The second-order valence-corrected chi connectivity index (χ2v) is 12.7. The van der Waals surface area contributed by atoms with Crippen molar-refractivity contribution in [1.82, 2.24) is 29.9 Å². The number of imidazole rings is 1. The van der Waals surface area contributed by atoms with Crippen LogP contribution in [0.15, 0.2) is 73.2 Å². The minimum absolute atomic E-state index is 0.0293. The van der Waals surface area contributed by atoms with Gasteiger partial charge in [0.25, 0.3) is 0 Å². The summed E-state index contributed by atoms with van der Waals surface area (Å²) in [5.41, 5.74) is 4.54. The van der Waals surface area contributed by atoms with Crippen LogP contribution in [0.4, 0.5) is 8.78 Å². The number of aliphatic carboxylic acids is 1. The van der Waals surface area contributed by atoms with Crippen LogP contribution in [0.2, 0.25) is 0 Å². The molecule has 0 saturated carbocycles. The number of aryl methyl sites for hydroxylation is 2. The Morgan fingerprint density at radius 3 is 2.81 bits per heavy atom. The smallest absolute Gasteiger partial charge is 0.303 e. The lowest BCUT2D eigenvalue weighted by atomic mass is 9.75.